The molecule has 1 N–H and O–H groups in total. The maximum atomic E-state index is 11.9. The Hall–Kier alpha value is -1.60. The van der Waals surface area contributed by atoms with E-state index in [0.717, 1.165) is 10.2 Å². The molecule has 0 spiro atoms. The molecule has 0 aliphatic rings. The molecule has 0 radical (unpaired) electrons. The molecular formula is C13H13BrN4OS. The third-order valence-corrected chi connectivity index (χ3v) is 3.82. The molecular weight excluding hydrogens is 340 g/mol. The second-order valence-corrected chi connectivity index (χ2v) is 5.76. The lowest BCUT2D eigenvalue weighted by molar-refractivity contribution is -0.113. The summed E-state index contributed by atoms with van der Waals surface area (Å²) in [5.74, 6) is 0.198. The van der Waals surface area contributed by atoms with Gasteiger partial charge >= 0.3 is 0 Å². The molecule has 7 heteroatoms. The second kappa shape index (κ2) is 7.25. The molecule has 0 saturated heterocycles. The summed E-state index contributed by atoms with van der Waals surface area (Å²) in [5, 5.41) is 11.3. The fraction of sp³-hybridized carbons (Fsp3) is 0.154. The number of aromatic nitrogens is 3. The Morgan fingerprint density at radius 2 is 2.40 bits per heavy atom. The zero-order valence-corrected chi connectivity index (χ0v) is 13.0. The van der Waals surface area contributed by atoms with Crippen molar-refractivity contribution in [3.8, 4) is 0 Å². The van der Waals surface area contributed by atoms with Crippen LogP contribution in [0.2, 0.25) is 0 Å². The Kier molecular flexibility index (Phi) is 5.37. The van der Waals surface area contributed by atoms with Gasteiger partial charge in [-0.05, 0) is 18.2 Å². The van der Waals surface area contributed by atoms with Crippen molar-refractivity contribution < 1.29 is 4.79 Å². The van der Waals surface area contributed by atoms with Crippen molar-refractivity contribution in [2.24, 2.45) is 0 Å². The molecule has 2 rings (SSSR count). The fourth-order valence-corrected chi connectivity index (χ4v) is 2.64. The van der Waals surface area contributed by atoms with Gasteiger partial charge in [0.2, 0.25) is 5.91 Å². The van der Waals surface area contributed by atoms with Gasteiger partial charge in [-0.3, -0.25) is 4.79 Å². The molecule has 0 aliphatic heterocycles. The number of hydrogen-bond donors (Lipinski definition) is 1. The Labute approximate surface area is 129 Å². The van der Waals surface area contributed by atoms with Gasteiger partial charge in [-0.15, -0.1) is 16.8 Å². The van der Waals surface area contributed by atoms with Crippen LogP contribution in [0, 0.1) is 0 Å². The molecule has 2 aromatic rings. The van der Waals surface area contributed by atoms with Crippen LogP contribution in [0.3, 0.4) is 0 Å². The summed E-state index contributed by atoms with van der Waals surface area (Å²) in [4.78, 5) is 11.9. The van der Waals surface area contributed by atoms with Gasteiger partial charge in [0.15, 0.2) is 5.16 Å². The number of halogens is 1. The number of rotatable bonds is 6. The van der Waals surface area contributed by atoms with Gasteiger partial charge in [0.05, 0.1) is 5.75 Å². The van der Waals surface area contributed by atoms with Crippen LogP contribution >= 0.6 is 27.7 Å². The minimum absolute atomic E-state index is 0.0822. The highest BCUT2D eigenvalue weighted by Crippen LogP contribution is 2.18. The first-order valence-electron chi connectivity index (χ1n) is 5.86. The monoisotopic (exact) mass is 352 g/mol. The molecule has 0 fully saturated rings. The standard InChI is InChI=1S/C13H13BrN4OS/c1-2-6-18-9-15-17-13(18)20-8-12(19)16-11-5-3-4-10(14)7-11/h2-5,7,9H,1,6,8H2,(H,16,19). The van der Waals surface area contributed by atoms with E-state index in [4.69, 9.17) is 0 Å². The SMILES string of the molecule is C=CCn1cnnc1SCC(=O)Nc1cccc(Br)c1. The van der Waals surface area contributed by atoms with Crippen molar-refractivity contribution in [3.05, 3.63) is 47.7 Å². The van der Waals surface area contributed by atoms with Gasteiger partial charge in [0.25, 0.3) is 0 Å². The zero-order chi connectivity index (χ0) is 14.4. The Bertz CT molecular complexity index is 614. The summed E-state index contributed by atoms with van der Waals surface area (Å²) in [6, 6.07) is 7.46. The lowest BCUT2D eigenvalue weighted by atomic mass is 10.3. The lowest BCUT2D eigenvalue weighted by Crippen LogP contribution is -2.14. The quantitative estimate of drug-likeness (QED) is 0.641. The van der Waals surface area contributed by atoms with Crippen molar-refractivity contribution >= 4 is 39.3 Å². The molecule has 1 heterocycles. The molecule has 1 aromatic carbocycles. The molecule has 0 unspecified atom stereocenters. The van der Waals surface area contributed by atoms with E-state index in [9.17, 15) is 4.79 Å². The smallest absolute Gasteiger partial charge is 0.234 e. The number of carbonyl (C=O) groups is 1. The number of anilines is 1. The van der Waals surface area contributed by atoms with Crippen molar-refractivity contribution in [3.63, 3.8) is 0 Å². The number of nitrogens with one attached hydrogen (secondary N) is 1. The van der Waals surface area contributed by atoms with Crippen LogP contribution in [0.5, 0.6) is 0 Å². The first-order valence-corrected chi connectivity index (χ1v) is 7.64. The summed E-state index contributed by atoms with van der Waals surface area (Å²) in [5.41, 5.74) is 0.762. The summed E-state index contributed by atoms with van der Waals surface area (Å²) >= 11 is 4.70. The number of carbonyl (C=O) groups excluding carboxylic acids is 1. The van der Waals surface area contributed by atoms with Crippen LogP contribution in [0.15, 0.2) is 52.9 Å². The van der Waals surface area contributed by atoms with Crippen LogP contribution in [-0.4, -0.2) is 26.4 Å². The zero-order valence-electron chi connectivity index (χ0n) is 10.6. The van der Waals surface area contributed by atoms with E-state index in [1.54, 1.807) is 12.4 Å². The summed E-state index contributed by atoms with van der Waals surface area (Å²) < 4.78 is 2.76. The highest BCUT2D eigenvalue weighted by Gasteiger charge is 2.08. The largest absolute Gasteiger partial charge is 0.325 e. The Balaban J connectivity index is 1.89. The van der Waals surface area contributed by atoms with Gasteiger partial charge in [-0.1, -0.05) is 39.8 Å². The predicted octanol–water partition coefficient (Wildman–Crippen LogP) is 2.96. The Morgan fingerprint density at radius 3 is 3.15 bits per heavy atom. The number of thioether (sulfide) groups is 1. The van der Waals surface area contributed by atoms with E-state index in [-0.39, 0.29) is 11.7 Å². The fourth-order valence-electron chi connectivity index (χ4n) is 1.51. The number of benzene rings is 1. The van der Waals surface area contributed by atoms with E-state index in [1.807, 2.05) is 28.8 Å². The van der Waals surface area contributed by atoms with Crippen LogP contribution in [0.1, 0.15) is 0 Å². The molecule has 0 bridgehead atoms. The molecule has 0 aliphatic carbocycles. The van der Waals surface area contributed by atoms with Crippen molar-refractivity contribution in [2.45, 2.75) is 11.7 Å². The molecule has 104 valence electrons. The number of hydrogen-bond acceptors (Lipinski definition) is 4. The van der Waals surface area contributed by atoms with Gasteiger partial charge in [-0.25, -0.2) is 0 Å². The van der Waals surface area contributed by atoms with Gasteiger partial charge in [-0.2, -0.15) is 0 Å². The average molecular weight is 353 g/mol. The van der Waals surface area contributed by atoms with Crippen molar-refractivity contribution in [1.82, 2.24) is 14.8 Å². The molecule has 1 aromatic heterocycles. The minimum atomic E-state index is -0.0822. The summed E-state index contributed by atoms with van der Waals surface area (Å²) in [7, 11) is 0. The number of amides is 1. The third kappa shape index (κ3) is 4.21. The first-order chi connectivity index (χ1) is 9.69. The van der Waals surface area contributed by atoms with Gasteiger partial charge < -0.3 is 9.88 Å². The number of nitrogens with zero attached hydrogens (tertiary/aromatic N) is 3. The van der Waals surface area contributed by atoms with Gasteiger partial charge in [0.1, 0.15) is 6.33 Å². The molecule has 5 nitrogen and oxygen atoms in total. The van der Waals surface area contributed by atoms with Crippen LogP contribution < -0.4 is 5.32 Å². The highest BCUT2D eigenvalue weighted by molar-refractivity contribution is 9.10. The molecule has 1 amide bonds. The van der Waals surface area contributed by atoms with Crippen LogP contribution in [0.4, 0.5) is 5.69 Å². The molecule has 0 atom stereocenters. The predicted molar refractivity (Wildman–Crippen MR) is 83.7 cm³/mol. The van der Waals surface area contributed by atoms with Crippen LogP contribution in [0.25, 0.3) is 0 Å². The summed E-state index contributed by atoms with van der Waals surface area (Å²) in [6.45, 7) is 4.29. The highest BCUT2D eigenvalue weighted by atomic mass is 79.9. The van der Waals surface area contributed by atoms with Gasteiger partial charge in [0, 0.05) is 16.7 Å². The van der Waals surface area contributed by atoms with E-state index in [2.05, 4.69) is 38.0 Å². The first kappa shape index (κ1) is 14.8. The maximum absolute atomic E-state index is 11.9. The molecule has 20 heavy (non-hydrogen) atoms. The van der Waals surface area contributed by atoms with Crippen molar-refractivity contribution in [1.29, 1.82) is 0 Å². The normalized spacial score (nSPS) is 10.2. The Morgan fingerprint density at radius 1 is 1.55 bits per heavy atom. The minimum Gasteiger partial charge on any atom is -0.325 e. The molecule has 0 saturated carbocycles. The second-order valence-electron chi connectivity index (χ2n) is 3.90. The lowest BCUT2D eigenvalue weighted by Gasteiger charge is -2.06. The average Bonchev–Trinajstić information content (AvgIpc) is 2.84. The van der Waals surface area contributed by atoms with Crippen LogP contribution in [-0.2, 0) is 11.3 Å². The van der Waals surface area contributed by atoms with E-state index in [1.165, 1.54) is 11.8 Å². The number of allylic oxidation sites excluding steroid dienone is 1. The topological polar surface area (TPSA) is 59.8 Å². The van der Waals surface area contributed by atoms with E-state index < -0.39 is 0 Å². The summed E-state index contributed by atoms with van der Waals surface area (Å²) in [6.07, 6.45) is 3.38. The third-order valence-electron chi connectivity index (χ3n) is 2.35. The maximum Gasteiger partial charge on any atom is 0.234 e. The van der Waals surface area contributed by atoms with E-state index in [0.29, 0.717) is 11.7 Å². The van der Waals surface area contributed by atoms with Crippen molar-refractivity contribution in [2.75, 3.05) is 11.1 Å². The van der Waals surface area contributed by atoms with E-state index >= 15 is 0 Å².